The summed E-state index contributed by atoms with van der Waals surface area (Å²) in [6.45, 7) is 11.3. The number of nitrogens with one attached hydrogen (secondary N) is 1. The third-order valence-electron chi connectivity index (χ3n) is 3.87. The largest absolute Gasteiger partial charge is 0.376 e. The maximum atomic E-state index is 5.81. The van der Waals surface area contributed by atoms with Crippen LogP contribution in [0.5, 0.6) is 0 Å². The van der Waals surface area contributed by atoms with Crippen LogP contribution < -0.4 is 5.32 Å². The molecule has 0 saturated carbocycles. The minimum atomic E-state index is 0.345. The van der Waals surface area contributed by atoms with Crippen LogP contribution in [-0.2, 0) is 17.8 Å². The molecule has 1 N–H and O–H groups in total. The Morgan fingerprint density at radius 2 is 2.16 bits per heavy atom. The Bertz CT molecular complexity index is 406. The second-order valence-corrected chi connectivity index (χ2v) is 5.86. The average Bonchev–Trinajstić information content (AvgIpc) is 2.63. The van der Waals surface area contributed by atoms with Crippen LogP contribution in [0.4, 0.5) is 0 Å². The van der Waals surface area contributed by atoms with Crippen molar-refractivity contribution in [2.45, 2.75) is 72.2 Å². The highest BCUT2D eigenvalue weighted by Gasteiger charge is 2.18. The summed E-state index contributed by atoms with van der Waals surface area (Å²) in [5, 5.41) is 8.15. The molecule has 0 aliphatic carbocycles. The van der Waals surface area contributed by atoms with Gasteiger partial charge in [-0.1, -0.05) is 13.8 Å². The first-order chi connectivity index (χ1) is 9.08. The molecule has 0 aromatic carbocycles. The number of ether oxygens (including phenoxy) is 1. The molecule has 1 aliphatic rings. The van der Waals surface area contributed by atoms with E-state index in [9.17, 15) is 0 Å². The Kier molecular flexibility index (Phi) is 4.99. The van der Waals surface area contributed by atoms with Gasteiger partial charge in [-0.15, -0.1) is 0 Å². The van der Waals surface area contributed by atoms with Crippen LogP contribution in [0.3, 0.4) is 0 Å². The van der Waals surface area contributed by atoms with Crippen molar-refractivity contribution in [3.8, 4) is 0 Å². The Morgan fingerprint density at radius 1 is 1.37 bits per heavy atom. The lowest BCUT2D eigenvalue weighted by atomic mass is 10.1. The van der Waals surface area contributed by atoms with Crippen molar-refractivity contribution < 1.29 is 4.74 Å². The van der Waals surface area contributed by atoms with E-state index in [-0.39, 0.29) is 0 Å². The van der Waals surface area contributed by atoms with Crippen LogP contribution in [0.25, 0.3) is 0 Å². The van der Waals surface area contributed by atoms with Gasteiger partial charge in [0.15, 0.2) is 0 Å². The standard InChI is InChI=1S/C15H27N3O/c1-11(2)16-9-15-12(3)17-18(13(15)4)10-14-7-5-6-8-19-14/h11,14,16H,5-10H2,1-4H3. The van der Waals surface area contributed by atoms with Gasteiger partial charge in [0.25, 0.3) is 0 Å². The minimum Gasteiger partial charge on any atom is -0.376 e. The molecule has 19 heavy (non-hydrogen) atoms. The molecular weight excluding hydrogens is 238 g/mol. The summed E-state index contributed by atoms with van der Waals surface area (Å²) in [4.78, 5) is 0. The maximum absolute atomic E-state index is 5.81. The van der Waals surface area contributed by atoms with E-state index in [0.717, 1.165) is 31.8 Å². The van der Waals surface area contributed by atoms with Crippen molar-refractivity contribution in [2.75, 3.05) is 6.61 Å². The highest BCUT2D eigenvalue weighted by atomic mass is 16.5. The molecule has 4 heteroatoms. The zero-order chi connectivity index (χ0) is 13.8. The van der Waals surface area contributed by atoms with E-state index in [1.807, 2.05) is 0 Å². The summed E-state index contributed by atoms with van der Waals surface area (Å²) in [6, 6.07) is 0.504. The highest BCUT2D eigenvalue weighted by molar-refractivity contribution is 5.24. The molecule has 1 aromatic rings. The lowest BCUT2D eigenvalue weighted by Crippen LogP contribution is -2.26. The van der Waals surface area contributed by atoms with Crippen molar-refractivity contribution in [1.82, 2.24) is 15.1 Å². The van der Waals surface area contributed by atoms with Gasteiger partial charge in [-0.2, -0.15) is 5.10 Å². The number of nitrogens with zero attached hydrogens (tertiary/aromatic N) is 2. The second-order valence-electron chi connectivity index (χ2n) is 5.86. The third-order valence-corrected chi connectivity index (χ3v) is 3.87. The van der Waals surface area contributed by atoms with Crippen molar-refractivity contribution in [1.29, 1.82) is 0 Å². The predicted octanol–water partition coefficient (Wildman–Crippen LogP) is 2.57. The van der Waals surface area contributed by atoms with Gasteiger partial charge in [0, 0.05) is 30.5 Å². The molecular formula is C15H27N3O. The van der Waals surface area contributed by atoms with Gasteiger partial charge in [-0.05, 0) is 33.1 Å². The Morgan fingerprint density at radius 3 is 2.79 bits per heavy atom. The van der Waals surface area contributed by atoms with E-state index in [0.29, 0.717) is 12.1 Å². The van der Waals surface area contributed by atoms with E-state index >= 15 is 0 Å². The molecule has 0 bridgehead atoms. The van der Waals surface area contributed by atoms with Crippen LogP contribution in [0.1, 0.15) is 50.1 Å². The molecule has 1 aromatic heterocycles. The number of aryl methyl sites for hydroxylation is 1. The van der Waals surface area contributed by atoms with Crippen LogP contribution >= 0.6 is 0 Å². The van der Waals surface area contributed by atoms with Crippen molar-refractivity contribution >= 4 is 0 Å². The Labute approximate surface area is 116 Å². The average molecular weight is 265 g/mol. The van der Waals surface area contributed by atoms with Gasteiger partial charge in [-0.25, -0.2) is 0 Å². The SMILES string of the molecule is Cc1nn(CC2CCCCO2)c(C)c1CNC(C)C. The van der Waals surface area contributed by atoms with Gasteiger partial charge >= 0.3 is 0 Å². The minimum absolute atomic E-state index is 0.345. The fourth-order valence-corrected chi connectivity index (χ4v) is 2.62. The second kappa shape index (κ2) is 6.53. The molecule has 1 unspecified atom stereocenters. The smallest absolute Gasteiger partial charge is 0.0771 e. The third kappa shape index (κ3) is 3.80. The first kappa shape index (κ1) is 14.5. The summed E-state index contributed by atoms with van der Waals surface area (Å²) in [7, 11) is 0. The molecule has 2 rings (SSSR count). The lowest BCUT2D eigenvalue weighted by Gasteiger charge is -2.23. The van der Waals surface area contributed by atoms with Gasteiger partial charge in [0.2, 0.25) is 0 Å². The lowest BCUT2D eigenvalue weighted by molar-refractivity contribution is 0.00360. The van der Waals surface area contributed by atoms with Crippen LogP contribution in [0.15, 0.2) is 0 Å². The van der Waals surface area contributed by atoms with E-state index in [4.69, 9.17) is 4.74 Å². The fourth-order valence-electron chi connectivity index (χ4n) is 2.62. The first-order valence-electron chi connectivity index (χ1n) is 7.45. The van der Waals surface area contributed by atoms with E-state index in [2.05, 4.69) is 42.8 Å². The normalized spacial score (nSPS) is 20.2. The highest BCUT2D eigenvalue weighted by Crippen LogP contribution is 2.18. The van der Waals surface area contributed by atoms with Crippen molar-refractivity contribution in [2.24, 2.45) is 0 Å². The Balaban J connectivity index is 2.02. The Hall–Kier alpha value is -0.870. The van der Waals surface area contributed by atoms with Crippen LogP contribution in [0.2, 0.25) is 0 Å². The zero-order valence-corrected chi connectivity index (χ0v) is 12.7. The first-order valence-corrected chi connectivity index (χ1v) is 7.45. The maximum Gasteiger partial charge on any atom is 0.0771 e. The van der Waals surface area contributed by atoms with Crippen molar-refractivity contribution in [3.63, 3.8) is 0 Å². The molecule has 1 aliphatic heterocycles. The summed E-state index contributed by atoms with van der Waals surface area (Å²) < 4.78 is 7.94. The summed E-state index contributed by atoms with van der Waals surface area (Å²) in [6.07, 6.45) is 4.00. The summed E-state index contributed by atoms with van der Waals surface area (Å²) in [5.74, 6) is 0. The van der Waals surface area contributed by atoms with E-state index in [1.165, 1.54) is 24.1 Å². The number of rotatable bonds is 5. The quantitative estimate of drug-likeness (QED) is 0.889. The molecule has 4 nitrogen and oxygen atoms in total. The molecule has 2 heterocycles. The number of aromatic nitrogens is 2. The number of hydrogen-bond acceptors (Lipinski definition) is 3. The predicted molar refractivity (Wildman–Crippen MR) is 77.3 cm³/mol. The van der Waals surface area contributed by atoms with Gasteiger partial charge in [-0.3, -0.25) is 4.68 Å². The summed E-state index contributed by atoms with van der Waals surface area (Å²) in [5.41, 5.74) is 3.76. The molecule has 108 valence electrons. The molecule has 0 amide bonds. The monoisotopic (exact) mass is 265 g/mol. The van der Waals surface area contributed by atoms with Gasteiger partial charge < -0.3 is 10.1 Å². The van der Waals surface area contributed by atoms with Crippen molar-refractivity contribution in [3.05, 3.63) is 17.0 Å². The van der Waals surface area contributed by atoms with Gasteiger partial charge in [0.1, 0.15) is 0 Å². The van der Waals surface area contributed by atoms with Gasteiger partial charge in [0.05, 0.1) is 18.3 Å². The fraction of sp³-hybridized carbons (Fsp3) is 0.800. The molecule has 1 saturated heterocycles. The van der Waals surface area contributed by atoms with E-state index < -0.39 is 0 Å². The zero-order valence-electron chi connectivity index (χ0n) is 12.7. The van der Waals surface area contributed by atoms with Crippen LogP contribution in [-0.4, -0.2) is 28.5 Å². The summed E-state index contributed by atoms with van der Waals surface area (Å²) >= 11 is 0. The molecule has 1 atom stereocenters. The van der Waals surface area contributed by atoms with Crippen LogP contribution in [0, 0.1) is 13.8 Å². The molecule has 0 radical (unpaired) electrons. The number of hydrogen-bond donors (Lipinski definition) is 1. The topological polar surface area (TPSA) is 39.1 Å². The molecule has 1 fully saturated rings. The van der Waals surface area contributed by atoms with E-state index in [1.54, 1.807) is 0 Å². The molecule has 0 spiro atoms.